The summed E-state index contributed by atoms with van der Waals surface area (Å²) in [6.45, 7) is 0. The average Bonchev–Trinajstić information content (AvgIpc) is 0. The molecule has 0 amide bonds. The van der Waals surface area contributed by atoms with Gasteiger partial charge in [-0.15, -0.1) is 0 Å². The summed E-state index contributed by atoms with van der Waals surface area (Å²) in [6.07, 6.45) is 0. The van der Waals surface area contributed by atoms with Crippen LogP contribution in [0.5, 0.6) is 0 Å². The summed E-state index contributed by atoms with van der Waals surface area (Å²) in [6, 6.07) is 0. The smallest absolute Gasteiger partial charge is 1.00 e. The first-order valence-corrected chi connectivity index (χ1v) is 0. The summed E-state index contributed by atoms with van der Waals surface area (Å²) in [7, 11) is 0. The van der Waals surface area contributed by atoms with E-state index < -0.39 is 0 Å². The molecule has 0 saturated carbocycles. The molecule has 11 heavy (non-hydrogen) atoms. The number of hydrogen-bond acceptors (Lipinski definition) is 0. The van der Waals surface area contributed by atoms with Gasteiger partial charge in [-0.25, -0.2) is 0 Å². The van der Waals surface area contributed by atoms with E-state index in [1.807, 2.05) is 0 Å². The van der Waals surface area contributed by atoms with Gasteiger partial charge >= 0.3 is 51.4 Å². The Bertz CT molecular complexity index is 23.4. The Balaban J connectivity index is 0. The molecule has 0 aliphatic rings. The van der Waals surface area contributed by atoms with Crippen molar-refractivity contribution < 1.29 is 96.4 Å². The van der Waals surface area contributed by atoms with E-state index in [2.05, 4.69) is 0 Å². The zero-order valence-corrected chi connectivity index (χ0v) is 8.18. The van der Waals surface area contributed by atoms with Crippen molar-refractivity contribution in [1.29, 1.82) is 0 Å². The van der Waals surface area contributed by atoms with Crippen LogP contribution in [-0.4, -0.2) is 21.9 Å². The number of hydrogen-bond donors (Lipinski definition) is 0. The van der Waals surface area contributed by atoms with Crippen LogP contribution >= 0.6 is 0 Å². The van der Waals surface area contributed by atoms with Gasteiger partial charge in [0, 0.05) is 21.7 Å². The largest absolute Gasteiger partial charge is 1.00 e. The molecular weight excluding hydrogens is 211 g/mol. The minimum atomic E-state index is 0. The van der Waals surface area contributed by atoms with Gasteiger partial charge in [-0.2, -0.15) is 0 Å². The third kappa shape index (κ3) is 264. The Morgan fingerprint density at radius 2 is 0.455 bits per heavy atom. The zero-order chi connectivity index (χ0) is 0. The molecule has 8 N–H and O–H groups in total. The van der Waals surface area contributed by atoms with Crippen molar-refractivity contribution >= 4 is 0 Å². The summed E-state index contributed by atoms with van der Waals surface area (Å²) >= 11 is 0. The monoisotopic (exact) mass is 240 g/mol. The van der Waals surface area contributed by atoms with Crippen LogP contribution in [0.4, 0.5) is 0 Å². The third-order valence-electron chi connectivity index (χ3n) is 0. The Morgan fingerprint density at radius 3 is 0.455 bits per heavy atom. The molecular formula is C5H29KO4Ti. The van der Waals surface area contributed by atoms with Crippen molar-refractivity contribution in [2.75, 3.05) is 0 Å². The molecule has 6 heteroatoms. The van der Waals surface area contributed by atoms with Gasteiger partial charge < -0.3 is 23.3 Å². The van der Waals surface area contributed by atoms with Crippen molar-refractivity contribution in [3.8, 4) is 0 Å². The van der Waals surface area contributed by atoms with E-state index in [1.54, 1.807) is 0 Å². The minimum Gasteiger partial charge on any atom is -1.00 e. The van der Waals surface area contributed by atoms with Gasteiger partial charge in [0.25, 0.3) is 0 Å². The van der Waals surface area contributed by atoms with E-state index in [-0.39, 0.29) is 134 Å². The molecule has 0 aromatic heterocycles. The molecule has 0 atom stereocenters. The van der Waals surface area contributed by atoms with E-state index in [9.17, 15) is 0 Å². The molecule has 78 valence electrons. The molecule has 0 radical (unpaired) electrons. The van der Waals surface area contributed by atoms with Crippen LogP contribution in [0.1, 0.15) is 38.6 Å². The SMILES string of the molecule is C.C.C.C.C.O.O.O.O.[H-].[K+].[Ti]. The normalized spacial score (nSPS) is 0. The summed E-state index contributed by atoms with van der Waals surface area (Å²) in [4.78, 5) is 0. The van der Waals surface area contributed by atoms with Crippen molar-refractivity contribution in [2.24, 2.45) is 0 Å². The second kappa shape index (κ2) is 318. The van der Waals surface area contributed by atoms with Crippen molar-refractivity contribution in [3.05, 3.63) is 0 Å². The first-order valence-electron chi connectivity index (χ1n) is 0. The molecule has 0 aliphatic heterocycles. The Kier molecular flexibility index (Phi) is 11800. The average molecular weight is 240 g/mol. The van der Waals surface area contributed by atoms with Crippen LogP contribution in [-0.2, 0) is 21.7 Å². The summed E-state index contributed by atoms with van der Waals surface area (Å²) < 4.78 is 0. The molecule has 0 aromatic carbocycles. The Morgan fingerprint density at radius 1 is 0.455 bits per heavy atom. The molecule has 0 heterocycles. The van der Waals surface area contributed by atoms with Gasteiger partial charge in [0.05, 0.1) is 0 Å². The van der Waals surface area contributed by atoms with Crippen LogP contribution < -0.4 is 51.4 Å². The number of rotatable bonds is 0. The quantitative estimate of drug-likeness (QED) is 0.400. The Hall–Kier alpha value is 2.19. The standard InChI is InChI=1S/5CH4.K.4H2O.Ti.H/h5*1H4;;4*1H2;;/q;;;;;+1;;;;;;-1. The van der Waals surface area contributed by atoms with Gasteiger partial charge in [0.2, 0.25) is 0 Å². The predicted molar refractivity (Wildman–Crippen MR) is 49.2 cm³/mol. The summed E-state index contributed by atoms with van der Waals surface area (Å²) in [5, 5.41) is 0. The molecule has 0 unspecified atom stereocenters. The molecule has 0 bridgehead atoms. The molecule has 0 aliphatic carbocycles. The summed E-state index contributed by atoms with van der Waals surface area (Å²) in [5.74, 6) is 0. The van der Waals surface area contributed by atoms with Crippen molar-refractivity contribution in [1.82, 2.24) is 0 Å². The van der Waals surface area contributed by atoms with Crippen LogP contribution in [0.15, 0.2) is 0 Å². The maximum atomic E-state index is 0. The van der Waals surface area contributed by atoms with Gasteiger partial charge in [0.1, 0.15) is 0 Å². The molecule has 0 fully saturated rings. The maximum absolute atomic E-state index is 0. The van der Waals surface area contributed by atoms with Gasteiger partial charge in [-0.3, -0.25) is 0 Å². The van der Waals surface area contributed by atoms with Crippen LogP contribution in [0.25, 0.3) is 0 Å². The second-order valence-corrected chi connectivity index (χ2v) is 0. The van der Waals surface area contributed by atoms with E-state index in [0.717, 1.165) is 0 Å². The van der Waals surface area contributed by atoms with Gasteiger partial charge in [-0.1, -0.05) is 37.1 Å². The van der Waals surface area contributed by atoms with E-state index in [1.165, 1.54) is 0 Å². The van der Waals surface area contributed by atoms with Crippen molar-refractivity contribution in [2.45, 2.75) is 37.1 Å². The summed E-state index contributed by atoms with van der Waals surface area (Å²) in [5.41, 5.74) is 0. The predicted octanol–water partition coefficient (Wildman–Crippen LogP) is -3.00. The fourth-order valence-electron chi connectivity index (χ4n) is 0. The van der Waals surface area contributed by atoms with Gasteiger partial charge in [0.15, 0.2) is 0 Å². The van der Waals surface area contributed by atoms with E-state index in [4.69, 9.17) is 0 Å². The van der Waals surface area contributed by atoms with Crippen molar-refractivity contribution in [3.63, 3.8) is 0 Å². The fourth-order valence-corrected chi connectivity index (χ4v) is 0. The van der Waals surface area contributed by atoms with E-state index >= 15 is 0 Å². The topological polar surface area (TPSA) is 126 Å². The molecule has 0 rings (SSSR count). The van der Waals surface area contributed by atoms with Crippen LogP contribution in [0.2, 0.25) is 0 Å². The Labute approximate surface area is 132 Å². The van der Waals surface area contributed by atoms with Gasteiger partial charge in [-0.05, 0) is 0 Å². The second-order valence-electron chi connectivity index (χ2n) is 0. The third-order valence-corrected chi connectivity index (χ3v) is 0. The molecule has 0 spiro atoms. The first kappa shape index (κ1) is 408. The van der Waals surface area contributed by atoms with Crippen LogP contribution in [0.3, 0.4) is 0 Å². The molecule has 0 aromatic rings. The molecule has 4 nitrogen and oxygen atoms in total. The van der Waals surface area contributed by atoms with E-state index in [0.29, 0.717) is 0 Å². The molecule has 0 saturated heterocycles. The minimum absolute atomic E-state index is 0. The fraction of sp³-hybridized carbons (Fsp3) is 1.00. The maximum Gasteiger partial charge on any atom is 1.00 e. The van der Waals surface area contributed by atoms with Crippen LogP contribution in [0, 0.1) is 0 Å². The first-order chi connectivity index (χ1) is 0. The zero-order valence-electron chi connectivity index (χ0n) is 4.50.